The Kier molecular flexibility index (Phi) is 7.71. The van der Waals surface area contributed by atoms with E-state index in [-0.39, 0.29) is 16.8 Å². The van der Waals surface area contributed by atoms with E-state index in [4.69, 9.17) is 4.74 Å². The molecule has 1 fully saturated rings. The number of aryl methyl sites for hydroxylation is 1. The molecule has 1 aliphatic rings. The van der Waals surface area contributed by atoms with Crippen molar-refractivity contribution < 1.29 is 13.2 Å². The normalized spacial score (nSPS) is 16.0. The van der Waals surface area contributed by atoms with E-state index >= 15 is 0 Å². The first-order valence-corrected chi connectivity index (χ1v) is 13.6. The van der Waals surface area contributed by atoms with Gasteiger partial charge in [-0.3, -0.25) is 4.90 Å². The predicted molar refractivity (Wildman–Crippen MR) is 135 cm³/mol. The van der Waals surface area contributed by atoms with Gasteiger partial charge in [0.1, 0.15) is 5.75 Å². The molecule has 0 saturated carbocycles. The Bertz CT molecular complexity index is 1200. The zero-order chi connectivity index (χ0) is 25.0. The highest BCUT2D eigenvalue weighted by atomic mass is 32.2. The van der Waals surface area contributed by atoms with Gasteiger partial charge in [-0.1, -0.05) is 31.5 Å². The number of ether oxygens (including phenoxy) is 1. The van der Waals surface area contributed by atoms with Gasteiger partial charge < -0.3 is 9.64 Å². The number of tetrazole rings is 1. The molecule has 0 spiro atoms. The minimum atomic E-state index is -3.58. The molecule has 0 radical (unpaired) electrons. The third kappa shape index (κ3) is 5.99. The van der Waals surface area contributed by atoms with Crippen molar-refractivity contribution in [1.29, 1.82) is 0 Å². The Morgan fingerprint density at radius 1 is 0.971 bits per heavy atom. The SMILES string of the molecule is COc1ccc(N2CCN([C@@H](CC(C)C)c3nnnn3CS(=O)(=O)c3ccc(C)cc3)CC2)cc1. The van der Waals surface area contributed by atoms with E-state index in [0.717, 1.165) is 43.9 Å². The van der Waals surface area contributed by atoms with Crippen LogP contribution in [0.3, 0.4) is 0 Å². The molecule has 4 rings (SSSR count). The quantitative estimate of drug-likeness (QED) is 0.444. The van der Waals surface area contributed by atoms with Gasteiger partial charge in [-0.25, -0.2) is 13.1 Å². The first-order chi connectivity index (χ1) is 16.8. The second-order valence-electron chi connectivity index (χ2n) is 9.46. The lowest BCUT2D eigenvalue weighted by Crippen LogP contribution is -2.48. The van der Waals surface area contributed by atoms with E-state index in [1.807, 2.05) is 19.1 Å². The Labute approximate surface area is 207 Å². The van der Waals surface area contributed by atoms with Crippen LogP contribution >= 0.6 is 0 Å². The highest BCUT2D eigenvalue weighted by Crippen LogP contribution is 2.29. The fourth-order valence-electron chi connectivity index (χ4n) is 4.47. The van der Waals surface area contributed by atoms with Crippen LogP contribution in [0.15, 0.2) is 53.4 Å². The van der Waals surface area contributed by atoms with E-state index in [1.54, 1.807) is 31.4 Å². The topological polar surface area (TPSA) is 93.4 Å². The Hall–Kier alpha value is -2.98. The summed E-state index contributed by atoms with van der Waals surface area (Å²) in [7, 11) is -1.91. The first kappa shape index (κ1) is 25.1. The van der Waals surface area contributed by atoms with Crippen LogP contribution < -0.4 is 9.64 Å². The number of benzene rings is 2. The number of hydrogen-bond acceptors (Lipinski definition) is 8. The number of aromatic nitrogens is 4. The van der Waals surface area contributed by atoms with Gasteiger partial charge in [0.2, 0.25) is 0 Å². The molecule has 188 valence electrons. The molecule has 10 heteroatoms. The molecule has 0 amide bonds. The predicted octanol–water partition coefficient (Wildman–Crippen LogP) is 3.33. The van der Waals surface area contributed by atoms with Gasteiger partial charge in [0.15, 0.2) is 21.5 Å². The molecule has 1 saturated heterocycles. The molecule has 1 aliphatic heterocycles. The average molecular weight is 499 g/mol. The van der Waals surface area contributed by atoms with Gasteiger partial charge >= 0.3 is 0 Å². The number of sulfone groups is 1. The van der Waals surface area contributed by atoms with Crippen molar-refractivity contribution in [3.05, 3.63) is 59.9 Å². The minimum Gasteiger partial charge on any atom is -0.497 e. The third-order valence-corrected chi connectivity index (χ3v) is 7.99. The fraction of sp³-hybridized carbons (Fsp3) is 0.480. The van der Waals surface area contributed by atoms with Gasteiger partial charge in [0, 0.05) is 31.9 Å². The van der Waals surface area contributed by atoms with E-state index in [0.29, 0.717) is 11.7 Å². The number of hydrogen-bond donors (Lipinski definition) is 0. The van der Waals surface area contributed by atoms with Crippen molar-refractivity contribution in [2.75, 3.05) is 38.2 Å². The molecule has 0 bridgehead atoms. The molecule has 3 aromatic rings. The molecular formula is C25H34N6O3S. The standard InChI is InChI=1S/C25H34N6O3S/c1-19(2)17-24(30-15-13-29(14-16-30)21-7-9-22(34-4)10-8-21)25-26-27-28-31(25)18-35(32,33)23-11-5-20(3)6-12-23/h5-12,19,24H,13-18H2,1-4H3/t24-/m0/s1. The molecule has 0 aliphatic carbocycles. The number of anilines is 1. The lowest BCUT2D eigenvalue weighted by atomic mass is 10.0. The Morgan fingerprint density at radius 2 is 1.63 bits per heavy atom. The highest BCUT2D eigenvalue weighted by molar-refractivity contribution is 7.90. The number of methoxy groups -OCH3 is 1. The molecule has 1 aromatic heterocycles. The molecule has 1 atom stereocenters. The summed E-state index contributed by atoms with van der Waals surface area (Å²) in [6, 6.07) is 14.9. The zero-order valence-corrected chi connectivity index (χ0v) is 21.6. The van der Waals surface area contributed by atoms with Crippen molar-refractivity contribution >= 4 is 15.5 Å². The van der Waals surface area contributed by atoms with Crippen molar-refractivity contribution in [2.45, 2.75) is 44.0 Å². The van der Waals surface area contributed by atoms with Crippen molar-refractivity contribution in [3.8, 4) is 5.75 Å². The van der Waals surface area contributed by atoms with Crippen LogP contribution in [0.25, 0.3) is 0 Å². The van der Waals surface area contributed by atoms with Crippen LogP contribution in [-0.2, 0) is 15.7 Å². The Morgan fingerprint density at radius 3 is 2.23 bits per heavy atom. The number of piperazine rings is 1. The molecule has 0 unspecified atom stereocenters. The van der Waals surface area contributed by atoms with Crippen LogP contribution in [0.2, 0.25) is 0 Å². The summed E-state index contributed by atoms with van der Waals surface area (Å²) in [5.41, 5.74) is 2.18. The number of rotatable bonds is 9. The molecule has 2 aromatic carbocycles. The molecule has 2 heterocycles. The van der Waals surface area contributed by atoms with Crippen LogP contribution in [0.4, 0.5) is 5.69 Å². The van der Waals surface area contributed by atoms with E-state index in [2.05, 4.69) is 51.3 Å². The third-order valence-electron chi connectivity index (χ3n) is 6.42. The average Bonchev–Trinajstić information content (AvgIpc) is 3.30. The Balaban J connectivity index is 1.51. The van der Waals surface area contributed by atoms with E-state index < -0.39 is 9.84 Å². The summed E-state index contributed by atoms with van der Waals surface area (Å²) in [6.45, 7) is 9.66. The summed E-state index contributed by atoms with van der Waals surface area (Å²) in [5, 5.41) is 12.2. The van der Waals surface area contributed by atoms with E-state index in [1.165, 1.54) is 10.4 Å². The van der Waals surface area contributed by atoms with E-state index in [9.17, 15) is 8.42 Å². The molecular weight excluding hydrogens is 464 g/mol. The minimum absolute atomic E-state index is 0.0590. The van der Waals surface area contributed by atoms with Crippen molar-refractivity contribution in [3.63, 3.8) is 0 Å². The molecule has 35 heavy (non-hydrogen) atoms. The maximum atomic E-state index is 13.1. The summed E-state index contributed by atoms with van der Waals surface area (Å²) in [4.78, 5) is 5.01. The van der Waals surface area contributed by atoms with Crippen molar-refractivity contribution in [2.24, 2.45) is 5.92 Å². The molecule has 0 N–H and O–H groups in total. The lowest BCUT2D eigenvalue weighted by molar-refractivity contribution is 0.153. The van der Waals surface area contributed by atoms with Gasteiger partial charge in [-0.15, -0.1) is 5.10 Å². The smallest absolute Gasteiger partial charge is 0.198 e. The lowest BCUT2D eigenvalue weighted by Gasteiger charge is -2.40. The fourth-order valence-corrected chi connectivity index (χ4v) is 5.68. The molecule has 9 nitrogen and oxygen atoms in total. The zero-order valence-electron chi connectivity index (χ0n) is 20.8. The summed E-state index contributed by atoms with van der Waals surface area (Å²) >= 11 is 0. The maximum Gasteiger partial charge on any atom is 0.198 e. The van der Waals surface area contributed by atoms with Gasteiger partial charge in [-0.2, -0.15) is 0 Å². The van der Waals surface area contributed by atoms with Gasteiger partial charge in [-0.05, 0) is 66.1 Å². The van der Waals surface area contributed by atoms with Crippen LogP contribution in [0, 0.1) is 12.8 Å². The monoisotopic (exact) mass is 498 g/mol. The van der Waals surface area contributed by atoms with Crippen LogP contribution in [0.5, 0.6) is 5.75 Å². The van der Waals surface area contributed by atoms with Crippen molar-refractivity contribution in [1.82, 2.24) is 25.1 Å². The summed E-state index contributed by atoms with van der Waals surface area (Å²) in [5.74, 6) is 1.57. The van der Waals surface area contributed by atoms with Gasteiger partial charge in [0.05, 0.1) is 18.0 Å². The summed E-state index contributed by atoms with van der Waals surface area (Å²) in [6.07, 6.45) is 0.841. The highest BCUT2D eigenvalue weighted by Gasteiger charge is 2.31. The second-order valence-corrected chi connectivity index (χ2v) is 11.4. The second kappa shape index (κ2) is 10.7. The van der Waals surface area contributed by atoms with Crippen LogP contribution in [0.1, 0.15) is 37.7 Å². The summed E-state index contributed by atoms with van der Waals surface area (Å²) < 4.78 is 32.9. The van der Waals surface area contributed by atoms with Gasteiger partial charge in [0.25, 0.3) is 0 Å². The number of nitrogens with zero attached hydrogens (tertiary/aromatic N) is 6. The largest absolute Gasteiger partial charge is 0.497 e. The first-order valence-electron chi connectivity index (χ1n) is 12.0. The maximum absolute atomic E-state index is 13.1. The van der Waals surface area contributed by atoms with Crippen LogP contribution in [-0.4, -0.2) is 66.8 Å².